The molecule has 5 heteroatoms. The van der Waals surface area contributed by atoms with Crippen LogP contribution < -0.4 is 0 Å². The van der Waals surface area contributed by atoms with Crippen molar-refractivity contribution in [2.24, 2.45) is 5.92 Å². The number of aliphatic hydroxyl groups excluding tert-OH is 1. The van der Waals surface area contributed by atoms with Crippen LogP contribution in [-0.4, -0.2) is 17.9 Å². The zero-order valence-corrected chi connectivity index (χ0v) is 10.2. The third kappa shape index (κ3) is 2.54. The Balaban J connectivity index is 2.39. The predicted octanol–water partition coefficient (Wildman–Crippen LogP) is 4.06. The van der Waals surface area contributed by atoms with Crippen LogP contribution in [0.5, 0.6) is 0 Å². The minimum Gasteiger partial charge on any atom is -0.392 e. The summed E-state index contributed by atoms with van der Waals surface area (Å²) < 4.78 is 38.4. The summed E-state index contributed by atoms with van der Waals surface area (Å²) >= 11 is 5.74. The van der Waals surface area contributed by atoms with Gasteiger partial charge < -0.3 is 5.11 Å². The van der Waals surface area contributed by atoms with Crippen LogP contribution in [-0.2, 0) is 0 Å². The second kappa shape index (κ2) is 4.94. The highest BCUT2D eigenvalue weighted by molar-refractivity contribution is 6.30. The Kier molecular flexibility index (Phi) is 3.69. The van der Waals surface area contributed by atoms with Gasteiger partial charge in [0.25, 0.3) is 0 Å². The second-order valence-corrected chi connectivity index (χ2v) is 4.74. The highest BCUT2D eigenvalue weighted by Crippen LogP contribution is 2.45. The van der Waals surface area contributed by atoms with E-state index in [1.165, 1.54) is 0 Å². The van der Waals surface area contributed by atoms with Crippen LogP contribution in [0.2, 0.25) is 5.02 Å². The number of rotatable bonds is 2. The molecule has 0 amide bonds. The maximum absolute atomic E-state index is 12.8. The molecule has 0 bridgehead atoms. The van der Waals surface area contributed by atoms with Gasteiger partial charge in [-0.15, -0.1) is 0 Å². The summed E-state index contributed by atoms with van der Waals surface area (Å²) in [5, 5.41) is 9.74. The first-order chi connectivity index (χ1) is 8.43. The molecule has 1 atom stereocenters. The molecule has 18 heavy (non-hydrogen) atoms. The Morgan fingerprint density at radius 1 is 1.22 bits per heavy atom. The fourth-order valence-electron chi connectivity index (χ4n) is 2.38. The Morgan fingerprint density at radius 2 is 1.83 bits per heavy atom. The lowest BCUT2D eigenvalue weighted by Crippen LogP contribution is -2.23. The van der Waals surface area contributed by atoms with Crippen LogP contribution >= 0.6 is 11.6 Å². The van der Waals surface area contributed by atoms with Crippen LogP contribution in [0.25, 0.3) is 5.57 Å². The molecule has 1 aliphatic rings. The molecule has 1 aliphatic carbocycles. The van der Waals surface area contributed by atoms with Crippen LogP contribution in [0.4, 0.5) is 13.2 Å². The predicted molar refractivity (Wildman–Crippen MR) is 64.2 cm³/mol. The monoisotopic (exact) mass is 276 g/mol. The summed E-state index contributed by atoms with van der Waals surface area (Å²) in [6, 6.07) is 6.65. The van der Waals surface area contributed by atoms with Crippen molar-refractivity contribution >= 4 is 17.2 Å². The highest BCUT2D eigenvalue weighted by Gasteiger charge is 2.45. The average molecular weight is 277 g/mol. The summed E-state index contributed by atoms with van der Waals surface area (Å²) in [5.41, 5.74) is 1.39. The molecule has 1 aromatic rings. The standard InChI is InChI=1S/C13H12ClF3O/c14-9-3-1-8(2-4-9)10-5-6-12(11(10)7-18)13(15,16)17/h1-4,12,18H,5-7H2. The van der Waals surface area contributed by atoms with Gasteiger partial charge >= 0.3 is 6.18 Å². The molecule has 1 unspecified atom stereocenters. The van der Waals surface area contributed by atoms with E-state index in [1.807, 2.05) is 0 Å². The third-order valence-electron chi connectivity index (χ3n) is 3.25. The van der Waals surface area contributed by atoms with Crippen molar-refractivity contribution in [3.63, 3.8) is 0 Å². The van der Waals surface area contributed by atoms with Crippen molar-refractivity contribution in [1.29, 1.82) is 0 Å². The minimum absolute atomic E-state index is 0.0113. The summed E-state index contributed by atoms with van der Waals surface area (Å²) in [5.74, 6) is -1.52. The van der Waals surface area contributed by atoms with E-state index < -0.39 is 18.7 Å². The Morgan fingerprint density at radius 3 is 2.33 bits per heavy atom. The topological polar surface area (TPSA) is 20.2 Å². The number of hydrogen-bond donors (Lipinski definition) is 1. The maximum atomic E-state index is 12.8. The van der Waals surface area contributed by atoms with Gasteiger partial charge in [-0.25, -0.2) is 0 Å². The average Bonchev–Trinajstić information content (AvgIpc) is 2.73. The van der Waals surface area contributed by atoms with Crippen molar-refractivity contribution in [2.45, 2.75) is 19.0 Å². The zero-order chi connectivity index (χ0) is 13.3. The van der Waals surface area contributed by atoms with E-state index in [0.717, 1.165) is 0 Å². The molecule has 0 saturated carbocycles. The summed E-state index contributed by atoms with van der Waals surface area (Å²) in [6.07, 6.45) is -3.94. The van der Waals surface area contributed by atoms with E-state index in [0.29, 0.717) is 22.6 Å². The van der Waals surface area contributed by atoms with Crippen LogP contribution in [0.3, 0.4) is 0 Å². The lowest BCUT2D eigenvalue weighted by molar-refractivity contribution is -0.164. The van der Waals surface area contributed by atoms with E-state index >= 15 is 0 Å². The van der Waals surface area contributed by atoms with E-state index in [2.05, 4.69) is 0 Å². The minimum atomic E-state index is -4.29. The molecule has 0 radical (unpaired) electrons. The number of halogens is 4. The molecule has 1 nitrogen and oxygen atoms in total. The highest BCUT2D eigenvalue weighted by atomic mass is 35.5. The van der Waals surface area contributed by atoms with Crippen molar-refractivity contribution in [3.8, 4) is 0 Å². The van der Waals surface area contributed by atoms with Gasteiger partial charge in [0, 0.05) is 5.02 Å². The van der Waals surface area contributed by atoms with E-state index in [1.54, 1.807) is 24.3 Å². The third-order valence-corrected chi connectivity index (χ3v) is 3.50. The summed E-state index contributed by atoms with van der Waals surface area (Å²) in [4.78, 5) is 0. The Hall–Kier alpha value is -1.00. The van der Waals surface area contributed by atoms with Crippen LogP contribution in [0.15, 0.2) is 29.8 Å². The SMILES string of the molecule is OCC1=C(c2ccc(Cl)cc2)CCC1C(F)(F)F. The van der Waals surface area contributed by atoms with Gasteiger partial charge in [0.05, 0.1) is 12.5 Å². The molecule has 98 valence electrons. The molecule has 1 aromatic carbocycles. The molecule has 0 heterocycles. The first kappa shape index (κ1) is 13.4. The number of allylic oxidation sites excluding steroid dienone is 1. The number of benzene rings is 1. The molecule has 1 N–H and O–H groups in total. The van der Waals surface area contributed by atoms with Crippen molar-refractivity contribution in [3.05, 3.63) is 40.4 Å². The lowest BCUT2D eigenvalue weighted by Gasteiger charge is -2.17. The fraction of sp³-hybridized carbons (Fsp3) is 0.385. The second-order valence-electron chi connectivity index (χ2n) is 4.30. The Bertz CT molecular complexity index is 462. The molecule has 0 aliphatic heterocycles. The molecular formula is C13H12ClF3O. The van der Waals surface area contributed by atoms with Gasteiger partial charge in [-0.3, -0.25) is 0 Å². The van der Waals surface area contributed by atoms with Gasteiger partial charge in [0.1, 0.15) is 0 Å². The van der Waals surface area contributed by atoms with Crippen LogP contribution in [0, 0.1) is 5.92 Å². The van der Waals surface area contributed by atoms with Crippen molar-refractivity contribution < 1.29 is 18.3 Å². The first-order valence-electron chi connectivity index (χ1n) is 5.59. The van der Waals surface area contributed by atoms with Crippen molar-refractivity contribution in [1.82, 2.24) is 0 Å². The molecular weight excluding hydrogens is 265 g/mol. The number of alkyl halides is 3. The van der Waals surface area contributed by atoms with Gasteiger partial charge in [0.15, 0.2) is 0 Å². The van der Waals surface area contributed by atoms with Crippen molar-refractivity contribution in [2.75, 3.05) is 6.61 Å². The molecule has 0 spiro atoms. The van der Waals surface area contributed by atoms with E-state index in [9.17, 15) is 18.3 Å². The van der Waals surface area contributed by atoms with Gasteiger partial charge in [-0.1, -0.05) is 23.7 Å². The van der Waals surface area contributed by atoms with Crippen LogP contribution in [0.1, 0.15) is 18.4 Å². The normalized spacial score (nSPS) is 20.6. The van der Waals surface area contributed by atoms with E-state index in [4.69, 9.17) is 11.6 Å². The quantitative estimate of drug-likeness (QED) is 0.864. The van der Waals surface area contributed by atoms with Gasteiger partial charge in [-0.2, -0.15) is 13.2 Å². The van der Waals surface area contributed by atoms with E-state index in [-0.39, 0.29) is 12.0 Å². The molecule has 0 aromatic heterocycles. The summed E-state index contributed by atoms with van der Waals surface area (Å²) in [6.45, 7) is -0.553. The smallest absolute Gasteiger partial charge is 0.392 e. The molecule has 0 fully saturated rings. The fourth-order valence-corrected chi connectivity index (χ4v) is 2.51. The maximum Gasteiger partial charge on any atom is 0.395 e. The van der Waals surface area contributed by atoms with Gasteiger partial charge in [0.2, 0.25) is 0 Å². The Labute approximate surface area is 108 Å². The van der Waals surface area contributed by atoms with Gasteiger partial charge in [-0.05, 0) is 41.7 Å². The lowest BCUT2D eigenvalue weighted by atomic mass is 9.98. The largest absolute Gasteiger partial charge is 0.395 e. The molecule has 0 saturated heterocycles. The summed E-state index contributed by atoms with van der Waals surface area (Å²) in [7, 11) is 0. The number of hydrogen-bond acceptors (Lipinski definition) is 1. The molecule has 2 rings (SSSR count). The zero-order valence-electron chi connectivity index (χ0n) is 9.47. The first-order valence-corrected chi connectivity index (χ1v) is 5.96. The number of aliphatic hydroxyl groups is 1.